The van der Waals surface area contributed by atoms with Gasteiger partial charge >= 0.3 is 0 Å². The first-order valence-electron chi connectivity index (χ1n) is 6.47. The van der Waals surface area contributed by atoms with Crippen LogP contribution >= 0.6 is 11.3 Å². The van der Waals surface area contributed by atoms with Crippen LogP contribution in [-0.4, -0.2) is 23.2 Å². The smallest absolute Gasteiger partial charge is 0.263 e. The molecule has 2 rings (SSSR count). The molecule has 5 heteroatoms. The lowest BCUT2D eigenvalue weighted by Crippen LogP contribution is -2.22. The first-order valence-corrected chi connectivity index (χ1v) is 7.29. The maximum absolute atomic E-state index is 11.8. The molecule has 1 N–H and O–H groups in total. The zero-order valence-electron chi connectivity index (χ0n) is 11.5. The number of hydrogen-bond donors (Lipinski definition) is 1. The van der Waals surface area contributed by atoms with E-state index in [0.717, 1.165) is 17.0 Å². The Labute approximate surface area is 121 Å². The fourth-order valence-corrected chi connectivity index (χ4v) is 2.54. The number of nitrogens with one attached hydrogen (secondary N) is 1. The number of nitrogens with zero attached hydrogens (tertiary/aromatic N) is 1. The summed E-state index contributed by atoms with van der Waals surface area (Å²) in [5, 5.41) is 3.57. The molecule has 0 aliphatic heterocycles. The fourth-order valence-electron chi connectivity index (χ4n) is 1.71. The molecule has 0 fully saturated rings. The van der Waals surface area contributed by atoms with Gasteiger partial charge in [-0.3, -0.25) is 9.59 Å². The van der Waals surface area contributed by atoms with Crippen molar-refractivity contribution >= 4 is 23.0 Å². The maximum Gasteiger partial charge on any atom is 0.263 e. The van der Waals surface area contributed by atoms with Gasteiger partial charge in [-0.15, -0.1) is 11.3 Å². The molecular weight excluding hydrogens is 272 g/mol. The number of carbonyl (C=O) groups excluding carboxylic acids is 2. The molecule has 2 aromatic rings. The molecule has 1 amide bonds. The van der Waals surface area contributed by atoms with Crippen molar-refractivity contribution in [3.8, 4) is 10.6 Å². The Morgan fingerprint density at radius 2 is 2.15 bits per heavy atom. The Hall–Kier alpha value is -2.01. The predicted molar refractivity (Wildman–Crippen MR) is 80.2 cm³/mol. The summed E-state index contributed by atoms with van der Waals surface area (Å²) in [6, 6.07) is 7.28. The van der Waals surface area contributed by atoms with Crippen molar-refractivity contribution in [1.29, 1.82) is 0 Å². The van der Waals surface area contributed by atoms with E-state index in [0.29, 0.717) is 17.0 Å². The number of carbonyl (C=O) groups is 2. The monoisotopic (exact) mass is 288 g/mol. The van der Waals surface area contributed by atoms with Gasteiger partial charge in [-0.2, -0.15) is 0 Å². The van der Waals surface area contributed by atoms with Gasteiger partial charge in [0, 0.05) is 17.7 Å². The molecule has 0 radical (unpaired) electrons. The van der Waals surface area contributed by atoms with E-state index in [4.69, 9.17) is 0 Å². The summed E-state index contributed by atoms with van der Waals surface area (Å²) in [7, 11) is 0. The van der Waals surface area contributed by atoms with Crippen molar-refractivity contribution in [2.45, 2.75) is 20.3 Å². The van der Waals surface area contributed by atoms with Crippen LogP contribution < -0.4 is 5.32 Å². The van der Waals surface area contributed by atoms with Gasteiger partial charge in [-0.05, 0) is 19.4 Å². The number of ketones is 1. The second kappa shape index (κ2) is 6.43. The minimum Gasteiger partial charge on any atom is -0.351 e. The highest BCUT2D eigenvalue weighted by atomic mass is 32.1. The van der Waals surface area contributed by atoms with Crippen molar-refractivity contribution < 1.29 is 9.59 Å². The van der Waals surface area contributed by atoms with Gasteiger partial charge in [0.1, 0.15) is 9.88 Å². The molecule has 1 aromatic heterocycles. The predicted octanol–water partition coefficient (Wildman–Crippen LogP) is 3.15. The number of rotatable bonds is 5. The largest absolute Gasteiger partial charge is 0.351 e. The van der Waals surface area contributed by atoms with E-state index in [2.05, 4.69) is 10.3 Å². The normalized spacial score (nSPS) is 10.3. The van der Waals surface area contributed by atoms with Gasteiger partial charge in [0.15, 0.2) is 5.78 Å². The highest BCUT2D eigenvalue weighted by Crippen LogP contribution is 2.26. The molecule has 104 valence electrons. The minimum atomic E-state index is -0.0988. The zero-order chi connectivity index (χ0) is 14.5. The Bertz CT molecular complexity index is 634. The third kappa shape index (κ3) is 3.30. The summed E-state index contributed by atoms with van der Waals surface area (Å²) >= 11 is 1.33. The van der Waals surface area contributed by atoms with Gasteiger partial charge < -0.3 is 5.32 Å². The Kier molecular flexibility index (Phi) is 4.63. The lowest BCUT2D eigenvalue weighted by atomic mass is 10.1. The van der Waals surface area contributed by atoms with Crippen LogP contribution in [0.3, 0.4) is 0 Å². The van der Waals surface area contributed by atoms with Crippen LogP contribution in [0.25, 0.3) is 10.6 Å². The summed E-state index contributed by atoms with van der Waals surface area (Å²) < 4.78 is 0. The molecule has 4 nitrogen and oxygen atoms in total. The summed E-state index contributed by atoms with van der Waals surface area (Å²) in [4.78, 5) is 28.1. The SMILES string of the molecule is CCCNC(=O)c1cnc(-c2cccc(C(C)=O)c2)s1. The number of Topliss-reactive ketones (excluding diaryl/α,β-unsaturated/α-hetero) is 1. The zero-order valence-corrected chi connectivity index (χ0v) is 12.3. The van der Waals surface area contributed by atoms with Gasteiger partial charge in [-0.1, -0.05) is 25.1 Å². The number of hydrogen-bond acceptors (Lipinski definition) is 4. The lowest BCUT2D eigenvalue weighted by molar-refractivity contribution is 0.0956. The molecule has 0 saturated carbocycles. The van der Waals surface area contributed by atoms with Crippen LogP contribution in [0.15, 0.2) is 30.5 Å². The van der Waals surface area contributed by atoms with Crippen LogP contribution in [0.5, 0.6) is 0 Å². The van der Waals surface area contributed by atoms with Crippen LogP contribution in [-0.2, 0) is 0 Å². The van der Waals surface area contributed by atoms with Crippen LogP contribution in [0.1, 0.15) is 40.3 Å². The first-order chi connectivity index (χ1) is 9.61. The molecule has 0 saturated heterocycles. The number of amides is 1. The minimum absolute atomic E-state index is 0.0179. The molecule has 0 spiro atoms. The second-order valence-corrected chi connectivity index (χ2v) is 5.45. The Morgan fingerprint density at radius 1 is 1.35 bits per heavy atom. The third-order valence-electron chi connectivity index (χ3n) is 2.78. The number of aromatic nitrogens is 1. The van der Waals surface area contributed by atoms with Crippen molar-refractivity contribution in [3.05, 3.63) is 40.9 Å². The highest BCUT2D eigenvalue weighted by Gasteiger charge is 2.11. The number of thiazole rings is 1. The quantitative estimate of drug-likeness (QED) is 0.860. The molecule has 0 bridgehead atoms. The molecule has 0 aliphatic carbocycles. The second-order valence-electron chi connectivity index (χ2n) is 4.42. The Balaban J connectivity index is 2.22. The van der Waals surface area contributed by atoms with E-state index in [1.807, 2.05) is 19.1 Å². The fraction of sp³-hybridized carbons (Fsp3) is 0.267. The topological polar surface area (TPSA) is 59.1 Å². The molecule has 0 unspecified atom stereocenters. The van der Waals surface area contributed by atoms with Crippen LogP contribution in [0.2, 0.25) is 0 Å². The van der Waals surface area contributed by atoms with Gasteiger partial charge in [-0.25, -0.2) is 4.98 Å². The van der Waals surface area contributed by atoms with E-state index < -0.39 is 0 Å². The average Bonchev–Trinajstić information content (AvgIpc) is 2.94. The van der Waals surface area contributed by atoms with E-state index in [-0.39, 0.29) is 11.7 Å². The van der Waals surface area contributed by atoms with Crippen LogP contribution in [0.4, 0.5) is 0 Å². The molecule has 1 aromatic carbocycles. The maximum atomic E-state index is 11.8. The van der Waals surface area contributed by atoms with Crippen LogP contribution in [0, 0.1) is 0 Å². The van der Waals surface area contributed by atoms with Crippen molar-refractivity contribution in [1.82, 2.24) is 10.3 Å². The van der Waals surface area contributed by atoms with E-state index >= 15 is 0 Å². The van der Waals surface area contributed by atoms with Gasteiger partial charge in [0.2, 0.25) is 0 Å². The van der Waals surface area contributed by atoms with Gasteiger partial charge in [0.05, 0.1) is 6.20 Å². The van der Waals surface area contributed by atoms with Crippen molar-refractivity contribution in [3.63, 3.8) is 0 Å². The third-order valence-corrected chi connectivity index (χ3v) is 3.83. The molecule has 20 heavy (non-hydrogen) atoms. The number of benzene rings is 1. The molecule has 0 aliphatic rings. The summed E-state index contributed by atoms with van der Waals surface area (Å²) in [5.41, 5.74) is 1.51. The highest BCUT2D eigenvalue weighted by molar-refractivity contribution is 7.16. The molecule has 0 atom stereocenters. The Morgan fingerprint density at radius 3 is 2.85 bits per heavy atom. The summed E-state index contributed by atoms with van der Waals surface area (Å²) in [5.74, 6) is -0.0809. The summed E-state index contributed by atoms with van der Waals surface area (Å²) in [6.07, 6.45) is 2.48. The van der Waals surface area contributed by atoms with Gasteiger partial charge in [0.25, 0.3) is 5.91 Å². The summed E-state index contributed by atoms with van der Waals surface area (Å²) in [6.45, 7) is 4.20. The first kappa shape index (κ1) is 14.4. The standard InChI is InChI=1S/C15H16N2O2S/c1-3-7-16-14(19)13-9-17-15(20-13)12-6-4-5-11(8-12)10(2)18/h4-6,8-9H,3,7H2,1-2H3,(H,16,19). The lowest BCUT2D eigenvalue weighted by Gasteiger charge is -2.00. The van der Waals surface area contributed by atoms with Crippen molar-refractivity contribution in [2.75, 3.05) is 6.54 Å². The van der Waals surface area contributed by atoms with E-state index in [9.17, 15) is 9.59 Å². The average molecular weight is 288 g/mol. The van der Waals surface area contributed by atoms with Crippen molar-refractivity contribution in [2.24, 2.45) is 0 Å². The van der Waals surface area contributed by atoms with E-state index in [1.165, 1.54) is 18.3 Å². The molecular formula is C15H16N2O2S. The van der Waals surface area contributed by atoms with E-state index in [1.54, 1.807) is 18.3 Å². The molecule has 1 heterocycles.